The van der Waals surface area contributed by atoms with E-state index in [0.717, 1.165) is 33.6 Å². The lowest BCUT2D eigenvalue weighted by molar-refractivity contribution is 0.201. The Hall–Kier alpha value is -2.70. The van der Waals surface area contributed by atoms with Gasteiger partial charge < -0.3 is 9.84 Å². The van der Waals surface area contributed by atoms with Crippen LogP contribution in [-0.4, -0.2) is 37.7 Å². The molecule has 4 rings (SSSR count). The van der Waals surface area contributed by atoms with Crippen LogP contribution in [0.25, 0.3) is 28.1 Å². The summed E-state index contributed by atoms with van der Waals surface area (Å²) in [5.41, 5.74) is 4.90. The lowest BCUT2D eigenvalue weighted by Gasteiger charge is -2.11. The van der Waals surface area contributed by atoms with Crippen molar-refractivity contribution >= 4 is 28.3 Å². The van der Waals surface area contributed by atoms with Gasteiger partial charge in [0.15, 0.2) is 5.65 Å². The molecule has 0 saturated carbocycles. The molecule has 3 heterocycles. The van der Waals surface area contributed by atoms with E-state index in [4.69, 9.17) is 21.4 Å². The van der Waals surface area contributed by atoms with E-state index in [0.29, 0.717) is 16.6 Å². The molecule has 0 amide bonds. The van der Waals surface area contributed by atoms with Crippen molar-refractivity contribution in [2.24, 2.45) is 0 Å². The van der Waals surface area contributed by atoms with Crippen LogP contribution in [0.15, 0.2) is 36.5 Å². The molecule has 0 aliphatic rings. The third-order valence-corrected chi connectivity index (χ3v) is 4.49. The Morgan fingerprint density at radius 3 is 2.81 bits per heavy atom. The lowest BCUT2D eigenvalue weighted by Crippen LogP contribution is -2.02. The second kappa shape index (κ2) is 6.55. The Balaban J connectivity index is 2.01. The standard InChI is InChI=1S/C19H17ClN4O2/c1-11-3-6-16-19(22-11)24-17(12(2)23-16)10-21-18(24)14-9-13(26-8-7-25)4-5-15(14)20/h3-6,9-10,25H,7-8H2,1-2H3. The Bertz CT molecular complexity index is 1120. The molecule has 132 valence electrons. The highest BCUT2D eigenvalue weighted by atomic mass is 35.5. The fourth-order valence-electron chi connectivity index (χ4n) is 2.97. The zero-order chi connectivity index (χ0) is 18.3. The molecule has 0 atom stereocenters. The molecule has 4 aromatic rings. The van der Waals surface area contributed by atoms with E-state index in [2.05, 4.69) is 15.0 Å². The van der Waals surface area contributed by atoms with E-state index in [1.807, 2.05) is 36.4 Å². The van der Waals surface area contributed by atoms with E-state index < -0.39 is 0 Å². The highest BCUT2D eigenvalue weighted by molar-refractivity contribution is 6.33. The van der Waals surface area contributed by atoms with Crippen LogP contribution in [0, 0.1) is 13.8 Å². The van der Waals surface area contributed by atoms with Gasteiger partial charge in [0.25, 0.3) is 0 Å². The number of rotatable bonds is 4. The first-order valence-electron chi connectivity index (χ1n) is 8.23. The SMILES string of the molecule is Cc1ccc2nc(C)c3cnc(-c4cc(OCCO)ccc4Cl)n3c2n1. The van der Waals surface area contributed by atoms with Crippen LogP contribution in [0.1, 0.15) is 11.4 Å². The summed E-state index contributed by atoms with van der Waals surface area (Å²) in [4.78, 5) is 13.9. The van der Waals surface area contributed by atoms with Gasteiger partial charge in [-0.15, -0.1) is 0 Å². The van der Waals surface area contributed by atoms with Crippen LogP contribution < -0.4 is 4.74 Å². The summed E-state index contributed by atoms with van der Waals surface area (Å²) in [7, 11) is 0. The third-order valence-electron chi connectivity index (χ3n) is 4.16. The minimum Gasteiger partial charge on any atom is -0.491 e. The van der Waals surface area contributed by atoms with Crippen LogP contribution in [0.4, 0.5) is 0 Å². The van der Waals surface area contributed by atoms with Crippen molar-refractivity contribution in [2.75, 3.05) is 13.2 Å². The number of halogens is 1. The number of nitrogens with zero attached hydrogens (tertiary/aromatic N) is 4. The molecule has 6 nitrogen and oxygen atoms in total. The molecule has 1 aromatic carbocycles. The first-order valence-corrected chi connectivity index (χ1v) is 8.61. The third kappa shape index (κ3) is 2.77. The molecular weight excluding hydrogens is 352 g/mol. The van der Waals surface area contributed by atoms with Gasteiger partial charge in [0.05, 0.1) is 29.0 Å². The van der Waals surface area contributed by atoms with E-state index in [1.165, 1.54) is 0 Å². The first-order chi connectivity index (χ1) is 12.6. The predicted octanol–water partition coefficient (Wildman–Crippen LogP) is 3.59. The number of aliphatic hydroxyl groups excluding tert-OH is 1. The Morgan fingerprint density at radius 2 is 2.00 bits per heavy atom. The smallest absolute Gasteiger partial charge is 0.165 e. The summed E-state index contributed by atoms with van der Waals surface area (Å²) in [6.07, 6.45) is 1.78. The van der Waals surface area contributed by atoms with Gasteiger partial charge >= 0.3 is 0 Å². The van der Waals surface area contributed by atoms with Gasteiger partial charge in [-0.05, 0) is 44.2 Å². The summed E-state index contributed by atoms with van der Waals surface area (Å²) in [5, 5.41) is 9.53. The molecule has 0 unspecified atom stereocenters. The number of aryl methyl sites for hydroxylation is 2. The fourth-order valence-corrected chi connectivity index (χ4v) is 3.17. The number of imidazole rings is 1. The molecule has 7 heteroatoms. The molecule has 0 aliphatic heterocycles. The number of aliphatic hydroxyl groups is 1. The molecular formula is C19H17ClN4O2. The number of aromatic nitrogens is 4. The van der Waals surface area contributed by atoms with Crippen molar-refractivity contribution in [1.82, 2.24) is 19.4 Å². The average molecular weight is 369 g/mol. The number of hydrogen-bond acceptors (Lipinski definition) is 5. The van der Waals surface area contributed by atoms with Crippen LogP contribution in [0.2, 0.25) is 5.02 Å². The second-order valence-corrected chi connectivity index (χ2v) is 6.42. The molecule has 0 bridgehead atoms. The van der Waals surface area contributed by atoms with Crippen LogP contribution >= 0.6 is 11.6 Å². The lowest BCUT2D eigenvalue weighted by atomic mass is 10.2. The van der Waals surface area contributed by atoms with Gasteiger partial charge in [-0.2, -0.15) is 0 Å². The highest BCUT2D eigenvalue weighted by Gasteiger charge is 2.16. The van der Waals surface area contributed by atoms with Crippen molar-refractivity contribution in [2.45, 2.75) is 13.8 Å². The summed E-state index contributed by atoms with van der Waals surface area (Å²) >= 11 is 6.45. The molecule has 0 fully saturated rings. The predicted molar refractivity (Wildman–Crippen MR) is 101 cm³/mol. The summed E-state index contributed by atoms with van der Waals surface area (Å²) < 4.78 is 7.49. The highest BCUT2D eigenvalue weighted by Crippen LogP contribution is 2.33. The molecule has 3 aromatic heterocycles. The van der Waals surface area contributed by atoms with E-state index in [-0.39, 0.29) is 13.2 Å². The Kier molecular flexibility index (Phi) is 4.22. The topological polar surface area (TPSA) is 72.5 Å². The monoisotopic (exact) mass is 368 g/mol. The number of fused-ring (bicyclic) bond motifs is 3. The largest absolute Gasteiger partial charge is 0.491 e. The number of benzene rings is 1. The molecule has 0 aliphatic carbocycles. The van der Waals surface area contributed by atoms with Crippen molar-refractivity contribution < 1.29 is 9.84 Å². The van der Waals surface area contributed by atoms with Gasteiger partial charge in [0, 0.05) is 11.3 Å². The quantitative estimate of drug-likeness (QED) is 0.596. The summed E-state index contributed by atoms with van der Waals surface area (Å²) in [6.45, 7) is 4.06. The molecule has 0 saturated heterocycles. The van der Waals surface area contributed by atoms with Gasteiger partial charge in [-0.25, -0.2) is 15.0 Å². The normalized spacial score (nSPS) is 11.4. The van der Waals surface area contributed by atoms with Crippen molar-refractivity contribution in [3.05, 3.63) is 52.9 Å². The zero-order valence-electron chi connectivity index (χ0n) is 14.4. The van der Waals surface area contributed by atoms with Crippen molar-refractivity contribution in [3.63, 3.8) is 0 Å². The van der Waals surface area contributed by atoms with Crippen LogP contribution in [-0.2, 0) is 0 Å². The Morgan fingerprint density at radius 1 is 1.15 bits per heavy atom. The minimum absolute atomic E-state index is 0.0526. The van der Waals surface area contributed by atoms with Gasteiger partial charge in [-0.1, -0.05) is 11.6 Å². The van der Waals surface area contributed by atoms with Gasteiger partial charge in [0.1, 0.15) is 23.7 Å². The summed E-state index contributed by atoms with van der Waals surface area (Å²) in [5.74, 6) is 1.29. The first kappa shape index (κ1) is 16.8. The molecule has 1 N–H and O–H groups in total. The maximum absolute atomic E-state index is 8.97. The number of hydrogen-bond donors (Lipinski definition) is 1. The van der Waals surface area contributed by atoms with E-state index in [1.54, 1.807) is 18.3 Å². The molecule has 26 heavy (non-hydrogen) atoms. The van der Waals surface area contributed by atoms with Crippen molar-refractivity contribution in [1.29, 1.82) is 0 Å². The van der Waals surface area contributed by atoms with E-state index >= 15 is 0 Å². The minimum atomic E-state index is -0.0526. The Labute approximate surface area is 155 Å². The maximum atomic E-state index is 8.97. The maximum Gasteiger partial charge on any atom is 0.165 e. The fraction of sp³-hybridized carbons (Fsp3) is 0.211. The second-order valence-electron chi connectivity index (χ2n) is 6.01. The molecule has 0 spiro atoms. The van der Waals surface area contributed by atoms with Crippen molar-refractivity contribution in [3.8, 4) is 17.1 Å². The number of ether oxygens (including phenoxy) is 1. The van der Waals surface area contributed by atoms with Crippen LogP contribution in [0.3, 0.4) is 0 Å². The summed E-state index contributed by atoms with van der Waals surface area (Å²) in [6, 6.07) is 9.25. The molecule has 0 radical (unpaired) electrons. The van der Waals surface area contributed by atoms with Crippen LogP contribution in [0.5, 0.6) is 5.75 Å². The van der Waals surface area contributed by atoms with E-state index in [9.17, 15) is 0 Å². The van der Waals surface area contributed by atoms with Gasteiger partial charge in [0.2, 0.25) is 0 Å². The number of pyridine rings is 1. The zero-order valence-corrected chi connectivity index (χ0v) is 15.2. The average Bonchev–Trinajstić information content (AvgIpc) is 3.07. The van der Waals surface area contributed by atoms with Gasteiger partial charge in [-0.3, -0.25) is 4.40 Å².